The van der Waals surface area contributed by atoms with Crippen LogP contribution in [0.25, 0.3) is 0 Å². The van der Waals surface area contributed by atoms with E-state index in [1.165, 1.54) is 0 Å². The second-order valence-electron chi connectivity index (χ2n) is 3.61. The van der Waals surface area contributed by atoms with E-state index in [2.05, 4.69) is 10.0 Å². The van der Waals surface area contributed by atoms with Gasteiger partial charge in [0.2, 0.25) is 10.0 Å². The first-order chi connectivity index (χ1) is 8.72. The lowest BCUT2D eigenvalue weighted by Crippen LogP contribution is -2.28. The van der Waals surface area contributed by atoms with Gasteiger partial charge in [-0.05, 0) is 6.07 Å². The normalized spacial score (nSPS) is 11.3. The van der Waals surface area contributed by atoms with E-state index in [0.29, 0.717) is 6.07 Å². The van der Waals surface area contributed by atoms with Gasteiger partial charge < -0.3 is 5.32 Å². The van der Waals surface area contributed by atoms with Crippen LogP contribution in [0.3, 0.4) is 0 Å². The van der Waals surface area contributed by atoms with E-state index < -0.39 is 38.0 Å². The lowest BCUT2D eigenvalue weighted by molar-refractivity contribution is -0.384. The van der Waals surface area contributed by atoms with Gasteiger partial charge in [0.05, 0.1) is 11.2 Å². The van der Waals surface area contributed by atoms with E-state index in [0.717, 1.165) is 12.3 Å². The molecule has 0 unspecified atom stereocenters. The smallest absolute Gasteiger partial charge is 0.295 e. The molecule has 0 bridgehead atoms. The van der Waals surface area contributed by atoms with Crippen molar-refractivity contribution >= 4 is 21.4 Å². The average Bonchev–Trinajstić information content (AvgIpc) is 2.28. The molecule has 0 radical (unpaired) electrons. The van der Waals surface area contributed by atoms with Gasteiger partial charge in [0.1, 0.15) is 0 Å². The Morgan fingerprint density at radius 1 is 1.32 bits per heavy atom. The third kappa shape index (κ3) is 4.41. The number of rotatable bonds is 6. The fourth-order valence-electron chi connectivity index (χ4n) is 1.28. The van der Waals surface area contributed by atoms with Crippen LogP contribution < -0.4 is 10.0 Å². The molecular formula is C9H11F2N3O4S. The summed E-state index contributed by atoms with van der Waals surface area (Å²) >= 11 is 0. The topological polar surface area (TPSA) is 101 Å². The maximum absolute atomic E-state index is 13.4. The highest BCUT2D eigenvalue weighted by Crippen LogP contribution is 2.28. The van der Waals surface area contributed by atoms with E-state index in [-0.39, 0.29) is 13.1 Å². The maximum atomic E-state index is 13.4. The molecule has 1 aromatic rings. The van der Waals surface area contributed by atoms with Gasteiger partial charge in [0.25, 0.3) is 5.69 Å². The van der Waals surface area contributed by atoms with Gasteiger partial charge in [0, 0.05) is 19.2 Å². The number of nitro benzene ring substituents is 1. The van der Waals surface area contributed by atoms with Crippen LogP contribution >= 0.6 is 0 Å². The van der Waals surface area contributed by atoms with Crippen LogP contribution in [0.4, 0.5) is 20.2 Å². The van der Waals surface area contributed by atoms with E-state index in [4.69, 9.17) is 0 Å². The third-order valence-corrected chi connectivity index (χ3v) is 2.79. The molecule has 0 fully saturated rings. The van der Waals surface area contributed by atoms with Crippen molar-refractivity contribution in [2.45, 2.75) is 0 Å². The Labute approximate surface area is 107 Å². The SMILES string of the molecule is CS(=O)(=O)NCCNc1c([N+](=O)[O-])ccc(F)c1F. The molecular weight excluding hydrogens is 284 g/mol. The van der Waals surface area contributed by atoms with Crippen LogP contribution in [0.5, 0.6) is 0 Å². The number of anilines is 1. The van der Waals surface area contributed by atoms with E-state index in [1.807, 2.05) is 0 Å². The molecule has 0 spiro atoms. The summed E-state index contributed by atoms with van der Waals surface area (Å²) in [7, 11) is -3.41. The predicted molar refractivity (Wildman–Crippen MR) is 64.3 cm³/mol. The summed E-state index contributed by atoms with van der Waals surface area (Å²) in [6.07, 6.45) is 0.929. The zero-order chi connectivity index (χ0) is 14.6. The van der Waals surface area contributed by atoms with Crippen molar-refractivity contribution in [3.8, 4) is 0 Å². The third-order valence-electron chi connectivity index (χ3n) is 2.06. The highest BCUT2D eigenvalue weighted by molar-refractivity contribution is 7.88. The number of hydrogen-bond donors (Lipinski definition) is 2. The number of benzene rings is 1. The molecule has 0 heterocycles. The summed E-state index contributed by atoms with van der Waals surface area (Å²) < 4.78 is 50.0. The quantitative estimate of drug-likeness (QED) is 0.460. The van der Waals surface area contributed by atoms with Crippen LogP contribution in [-0.2, 0) is 10.0 Å². The van der Waals surface area contributed by atoms with Gasteiger partial charge in [0.15, 0.2) is 17.3 Å². The van der Waals surface area contributed by atoms with Gasteiger partial charge in [-0.2, -0.15) is 0 Å². The first-order valence-corrected chi connectivity index (χ1v) is 6.92. The average molecular weight is 295 g/mol. The summed E-state index contributed by atoms with van der Waals surface area (Å²) in [5.74, 6) is -2.61. The second kappa shape index (κ2) is 5.89. The molecule has 0 amide bonds. The Bertz CT molecular complexity index is 591. The monoisotopic (exact) mass is 295 g/mol. The molecule has 0 aromatic heterocycles. The lowest BCUT2D eigenvalue weighted by atomic mass is 10.2. The Hall–Kier alpha value is -1.81. The van der Waals surface area contributed by atoms with E-state index in [9.17, 15) is 27.3 Å². The molecule has 0 aliphatic carbocycles. The highest BCUT2D eigenvalue weighted by atomic mass is 32.2. The number of nitro groups is 1. The van der Waals surface area contributed by atoms with Gasteiger partial charge in [-0.3, -0.25) is 10.1 Å². The number of hydrogen-bond acceptors (Lipinski definition) is 5. The Morgan fingerprint density at radius 3 is 2.47 bits per heavy atom. The lowest BCUT2D eigenvalue weighted by Gasteiger charge is -2.08. The molecule has 19 heavy (non-hydrogen) atoms. The minimum absolute atomic E-state index is 0.119. The van der Waals surface area contributed by atoms with E-state index >= 15 is 0 Å². The second-order valence-corrected chi connectivity index (χ2v) is 5.44. The van der Waals surface area contributed by atoms with Gasteiger partial charge in [-0.1, -0.05) is 0 Å². The van der Waals surface area contributed by atoms with Crippen molar-refractivity contribution < 1.29 is 22.1 Å². The van der Waals surface area contributed by atoms with Crippen molar-refractivity contribution in [2.24, 2.45) is 0 Å². The molecule has 0 atom stereocenters. The van der Waals surface area contributed by atoms with Crippen molar-refractivity contribution in [2.75, 3.05) is 24.7 Å². The fraction of sp³-hybridized carbons (Fsp3) is 0.333. The number of sulfonamides is 1. The molecule has 0 saturated carbocycles. The van der Waals surface area contributed by atoms with Gasteiger partial charge in [-0.25, -0.2) is 21.9 Å². The Kier molecular flexibility index (Phi) is 4.72. The predicted octanol–water partition coefficient (Wildman–Crippen LogP) is 0.834. The molecule has 1 rings (SSSR count). The maximum Gasteiger partial charge on any atom is 0.295 e. The van der Waals surface area contributed by atoms with Crippen molar-refractivity contribution in [1.82, 2.24) is 4.72 Å². The minimum atomic E-state index is -3.41. The molecule has 0 aliphatic heterocycles. The minimum Gasteiger partial charge on any atom is -0.376 e. The highest BCUT2D eigenvalue weighted by Gasteiger charge is 2.21. The van der Waals surface area contributed by atoms with Crippen molar-refractivity contribution in [3.63, 3.8) is 0 Å². The number of halogens is 2. The fourth-order valence-corrected chi connectivity index (χ4v) is 1.76. The first-order valence-electron chi connectivity index (χ1n) is 5.03. The summed E-state index contributed by atoms with van der Waals surface area (Å²) in [4.78, 5) is 9.78. The van der Waals surface area contributed by atoms with Crippen LogP contribution in [0, 0.1) is 21.7 Å². The van der Waals surface area contributed by atoms with Crippen LogP contribution in [0.15, 0.2) is 12.1 Å². The zero-order valence-electron chi connectivity index (χ0n) is 9.81. The summed E-state index contributed by atoms with van der Waals surface area (Å²) in [5.41, 5.74) is -1.24. The molecule has 1 aromatic carbocycles. The summed E-state index contributed by atoms with van der Waals surface area (Å²) in [6.45, 7) is -0.250. The molecule has 0 aliphatic rings. The van der Waals surface area contributed by atoms with Crippen LogP contribution in [-0.4, -0.2) is 32.7 Å². The Balaban J connectivity index is 2.82. The first kappa shape index (κ1) is 15.2. The Morgan fingerprint density at radius 2 is 1.95 bits per heavy atom. The van der Waals surface area contributed by atoms with Crippen LogP contribution in [0.1, 0.15) is 0 Å². The summed E-state index contributed by atoms with van der Waals surface area (Å²) in [5, 5.41) is 12.9. The van der Waals surface area contributed by atoms with Crippen molar-refractivity contribution in [1.29, 1.82) is 0 Å². The largest absolute Gasteiger partial charge is 0.376 e. The van der Waals surface area contributed by atoms with Gasteiger partial charge >= 0.3 is 0 Å². The molecule has 0 saturated heterocycles. The molecule has 2 N–H and O–H groups in total. The molecule has 7 nitrogen and oxygen atoms in total. The van der Waals surface area contributed by atoms with Crippen molar-refractivity contribution in [3.05, 3.63) is 33.9 Å². The van der Waals surface area contributed by atoms with Crippen LogP contribution in [0.2, 0.25) is 0 Å². The zero-order valence-corrected chi connectivity index (χ0v) is 10.6. The number of nitrogens with one attached hydrogen (secondary N) is 2. The molecule has 106 valence electrons. The molecule has 10 heteroatoms. The van der Waals surface area contributed by atoms with E-state index in [1.54, 1.807) is 0 Å². The standard InChI is InChI=1S/C9H11F2N3O4S/c1-19(17,18)13-5-4-12-9-7(14(15)16)3-2-6(10)8(9)11/h2-3,12-13H,4-5H2,1H3. The van der Waals surface area contributed by atoms with Gasteiger partial charge in [-0.15, -0.1) is 0 Å². The summed E-state index contributed by atoms with van der Waals surface area (Å²) in [6, 6.07) is 1.47. The number of nitrogens with zero attached hydrogens (tertiary/aromatic N) is 1.